The van der Waals surface area contributed by atoms with Gasteiger partial charge in [-0.25, -0.2) is 4.98 Å². The molecule has 0 bridgehead atoms. The molecule has 0 aliphatic carbocycles. The van der Waals surface area contributed by atoms with Gasteiger partial charge in [-0.3, -0.25) is 4.79 Å². The third-order valence-corrected chi connectivity index (χ3v) is 4.84. The first-order chi connectivity index (χ1) is 11.9. The third-order valence-electron chi connectivity index (χ3n) is 4.46. The van der Waals surface area contributed by atoms with Gasteiger partial charge in [-0.05, 0) is 48.7 Å². The van der Waals surface area contributed by atoms with Gasteiger partial charge in [-0.15, -0.1) is 0 Å². The van der Waals surface area contributed by atoms with E-state index in [9.17, 15) is 4.79 Å². The van der Waals surface area contributed by atoms with Crippen molar-refractivity contribution in [1.29, 1.82) is 0 Å². The summed E-state index contributed by atoms with van der Waals surface area (Å²) in [5, 5.41) is 0.402. The van der Waals surface area contributed by atoms with Crippen molar-refractivity contribution in [2.75, 3.05) is 20.8 Å². The van der Waals surface area contributed by atoms with Crippen molar-refractivity contribution in [1.82, 2.24) is 9.88 Å². The zero-order valence-corrected chi connectivity index (χ0v) is 15.7. The normalized spacial score (nSPS) is 16.4. The van der Waals surface area contributed by atoms with Crippen molar-refractivity contribution < 1.29 is 14.3 Å². The fourth-order valence-corrected chi connectivity index (χ4v) is 3.64. The number of nitrogens with zero attached hydrogens (tertiary/aromatic N) is 2. The van der Waals surface area contributed by atoms with E-state index in [0.717, 1.165) is 17.5 Å². The lowest BCUT2D eigenvalue weighted by Gasteiger charge is -2.36. The smallest absolute Gasteiger partial charge is 0.254 e. The number of halogens is 2. The molecule has 1 aromatic heterocycles. The molecule has 0 saturated heterocycles. The van der Waals surface area contributed by atoms with Gasteiger partial charge in [0.25, 0.3) is 5.91 Å². The number of benzene rings is 1. The summed E-state index contributed by atoms with van der Waals surface area (Å²) in [5.74, 6) is 1.22. The highest BCUT2D eigenvalue weighted by molar-refractivity contribution is 6.33. The van der Waals surface area contributed by atoms with E-state index in [-0.39, 0.29) is 22.3 Å². The molecule has 0 saturated carbocycles. The highest BCUT2D eigenvalue weighted by atomic mass is 35.5. The number of carbonyl (C=O) groups is 1. The Balaban J connectivity index is 1.95. The van der Waals surface area contributed by atoms with E-state index in [4.69, 9.17) is 32.7 Å². The molecule has 1 atom stereocenters. The number of pyridine rings is 1. The first-order valence-corrected chi connectivity index (χ1v) is 8.59. The van der Waals surface area contributed by atoms with Crippen molar-refractivity contribution in [3.8, 4) is 11.5 Å². The molecule has 3 rings (SSSR count). The standard InChI is InChI=1S/C18H18Cl2N2O3/c1-10-13-9-15(25-3)14(24-2)6-11(13)4-5-22(10)18(23)12-7-16(19)21-17(20)8-12/h6-10H,4-5H2,1-3H3/t10-/m1/s1. The molecule has 0 radical (unpaired) electrons. The highest BCUT2D eigenvalue weighted by Gasteiger charge is 2.30. The molecule has 1 aliphatic rings. The number of fused-ring (bicyclic) bond motifs is 1. The molecule has 1 aliphatic heterocycles. The summed E-state index contributed by atoms with van der Waals surface area (Å²) in [6.45, 7) is 2.59. The van der Waals surface area contributed by atoms with Gasteiger partial charge in [0.05, 0.1) is 20.3 Å². The first-order valence-electron chi connectivity index (χ1n) is 7.83. The lowest BCUT2D eigenvalue weighted by atomic mass is 9.92. The van der Waals surface area contributed by atoms with Crippen LogP contribution in [0.4, 0.5) is 0 Å². The molecular formula is C18H18Cl2N2O3. The minimum absolute atomic E-state index is 0.109. The first kappa shape index (κ1) is 17.8. The van der Waals surface area contributed by atoms with Crippen molar-refractivity contribution in [2.24, 2.45) is 0 Å². The van der Waals surface area contributed by atoms with Gasteiger partial charge in [-0.1, -0.05) is 23.2 Å². The number of methoxy groups -OCH3 is 2. The van der Waals surface area contributed by atoms with Crippen molar-refractivity contribution >= 4 is 29.1 Å². The Labute approximate surface area is 156 Å². The zero-order chi connectivity index (χ0) is 18.1. The third kappa shape index (κ3) is 3.39. The van der Waals surface area contributed by atoms with E-state index in [0.29, 0.717) is 23.6 Å². The van der Waals surface area contributed by atoms with Gasteiger partial charge in [0, 0.05) is 12.1 Å². The van der Waals surface area contributed by atoms with Gasteiger partial charge in [0.2, 0.25) is 0 Å². The number of carbonyl (C=O) groups excluding carboxylic acids is 1. The van der Waals surface area contributed by atoms with Crippen LogP contribution in [0.5, 0.6) is 11.5 Å². The minimum atomic E-state index is -0.126. The van der Waals surface area contributed by atoms with Gasteiger partial charge in [0.15, 0.2) is 11.5 Å². The zero-order valence-electron chi connectivity index (χ0n) is 14.2. The SMILES string of the molecule is COc1cc2c(cc1OC)[C@@H](C)N(C(=O)c1cc(Cl)nc(Cl)c1)CC2. The van der Waals surface area contributed by atoms with Crippen LogP contribution in [-0.2, 0) is 6.42 Å². The van der Waals surface area contributed by atoms with E-state index in [2.05, 4.69) is 4.98 Å². The second kappa shape index (κ2) is 7.10. The Morgan fingerprint density at radius 2 is 1.72 bits per heavy atom. The van der Waals surface area contributed by atoms with Gasteiger partial charge in [-0.2, -0.15) is 0 Å². The van der Waals surface area contributed by atoms with Gasteiger partial charge < -0.3 is 14.4 Å². The predicted molar refractivity (Wildman–Crippen MR) is 97.0 cm³/mol. The van der Waals surface area contributed by atoms with Crippen LogP contribution in [-0.4, -0.2) is 36.6 Å². The number of hydrogen-bond donors (Lipinski definition) is 0. The molecule has 5 nitrogen and oxygen atoms in total. The summed E-state index contributed by atoms with van der Waals surface area (Å²) in [4.78, 5) is 18.6. The van der Waals surface area contributed by atoms with E-state index >= 15 is 0 Å². The van der Waals surface area contributed by atoms with Crippen LogP contribution >= 0.6 is 23.2 Å². The largest absolute Gasteiger partial charge is 0.493 e. The van der Waals surface area contributed by atoms with E-state index in [1.54, 1.807) is 19.1 Å². The maximum Gasteiger partial charge on any atom is 0.254 e. The number of hydrogen-bond acceptors (Lipinski definition) is 4. The molecule has 1 aromatic carbocycles. The summed E-state index contributed by atoms with van der Waals surface area (Å²) >= 11 is 11.9. The van der Waals surface area contributed by atoms with E-state index in [1.165, 1.54) is 12.1 Å². The summed E-state index contributed by atoms with van der Waals surface area (Å²) < 4.78 is 10.8. The molecule has 2 aromatic rings. The Kier molecular flexibility index (Phi) is 5.06. The molecule has 1 amide bonds. The maximum absolute atomic E-state index is 12.9. The minimum Gasteiger partial charge on any atom is -0.493 e. The molecule has 7 heteroatoms. The van der Waals surface area contributed by atoms with Crippen molar-refractivity contribution in [3.05, 3.63) is 51.3 Å². The molecule has 0 fully saturated rings. The Hall–Kier alpha value is -1.98. The molecule has 2 heterocycles. The number of rotatable bonds is 3. The van der Waals surface area contributed by atoms with Crippen molar-refractivity contribution in [2.45, 2.75) is 19.4 Å². The van der Waals surface area contributed by atoms with Crippen LogP contribution in [0.2, 0.25) is 10.3 Å². The van der Waals surface area contributed by atoms with Crippen LogP contribution in [0.25, 0.3) is 0 Å². The van der Waals surface area contributed by atoms with Gasteiger partial charge >= 0.3 is 0 Å². The van der Waals surface area contributed by atoms with E-state index in [1.807, 2.05) is 19.1 Å². The highest BCUT2D eigenvalue weighted by Crippen LogP contribution is 2.38. The Bertz CT molecular complexity index is 806. The van der Waals surface area contributed by atoms with Crippen molar-refractivity contribution in [3.63, 3.8) is 0 Å². The molecule has 0 N–H and O–H groups in total. The predicted octanol–water partition coefficient (Wildman–Crippen LogP) is 4.17. The van der Waals surface area contributed by atoms with Crippen LogP contribution in [0.1, 0.15) is 34.5 Å². The molecule has 0 spiro atoms. The van der Waals surface area contributed by atoms with Gasteiger partial charge in [0.1, 0.15) is 10.3 Å². The lowest BCUT2D eigenvalue weighted by Crippen LogP contribution is -2.39. The fraction of sp³-hybridized carbons (Fsp3) is 0.333. The average Bonchev–Trinajstić information content (AvgIpc) is 2.59. The molecule has 132 valence electrons. The quantitative estimate of drug-likeness (QED) is 0.749. The van der Waals surface area contributed by atoms with E-state index < -0.39 is 0 Å². The summed E-state index contributed by atoms with van der Waals surface area (Å²) in [5.41, 5.74) is 2.63. The summed E-state index contributed by atoms with van der Waals surface area (Å²) in [6, 6.07) is 6.87. The lowest BCUT2D eigenvalue weighted by molar-refractivity contribution is 0.0677. The Morgan fingerprint density at radius 3 is 2.32 bits per heavy atom. The topological polar surface area (TPSA) is 51.7 Å². The van der Waals surface area contributed by atoms with Crippen LogP contribution in [0, 0.1) is 0 Å². The monoisotopic (exact) mass is 380 g/mol. The summed E-state index contributed by atoms with van der Waals surface area (Å²) in [7, 11) is 3.21. The van der Waals surface area contributed by atoms with Crippen LogP contribution < -0.4 is 9.47 Å². The number of aromatic nitrogens is 1. The van der Waals surface area contributed by atoms with Crippen LogP contribution in [0.3, 0.4) is 0 Å². The molecular weight excluding hydrogens is 363 g/mol. The Morgan fingerprint density at radius 1 is 1.12 bits per heavy atom. The second-order valence-corrected chi connectivity index (χ2v) is 6.61. The number of ether oxygens (including phenoxy) is 2. The van der Waals surface area contributed by atoms with Crippen LogP contribution in [0.15, 0.2) is 24.3 Å². The maximum atomic E-state index is 12.9. The summed E-state index contributed by atoms with van der Waals surface area (Å²) in [6.07, 6.45) is 0.734. The number of amides is 1. The molecule has 0 unspecified atom stereocenters. The molecule has 25 heavy (non-hydrogen) atoms. The fourth-order valence-electron chi connectivity index (χ4n) is 3.18. The average molecular weight is 381 g/mol. The second-order valence-electron chi connectivity index (χ2n) is 5.83.